The standard InChI is InChI=1S/C23H16FN3O/c24-21-11-17(16-4-3-15-7-9-25-12-20(15)10-16)5-6-18(21)13-27-14-19-2-1-8-26-22(19)23(27)28/h1-12H,13-14H2. The van der Waals surface area contributed by atoms with Gasteiger partial charge in [-0.15, -0.1) is 0 Å². The van der Waals surface area contributed by atoms with Gasteiger partial charge in [0.05, 0.1) is 0 Å². The van der Waals surface area contributed by atoms with Crippen LogP contribution in [0.2, 0.25) is 0 Å². The van der Waals surface area contributed by atoms with E-state index in [9.17, 15) is 9.18 Å². The summed E-state index contributed by atoms with van der Waals surface area (Å²) < 4.78 is 14.8. The molecule has 0 radical (unpaired) electrons. The van der Waals surface area contributed by atoms with Crippen LogP contribution in [0.3, 0.4) is 0 Å². The lowest BCUT2D eigenvalue weighted by atomic mass is 10.0. The highest BCUT2D eigenvalue weighted by atomic mass is 19.1. The number of hydrogen-bond acceptors (Lipinski definition) is 3. The molecule has 3 heterocycles. The van der Waals surface area contributed by atoms with Crippen molar-refractivity contribution in [3.8, 4) is 11.1 Å². The van der Waals surface area contributed by atoms with Gasteiger partial charge in [0.2, 0.25) is 0 Å². The highest BCUT2D eigenvalue weighted by Crippen LogP contribution is 2.28. The molecule has 0 fully saturated rings. The molecule has 0 atom stereocenters. The number of pyridine rings is 2. The molecule has 5 heteroatoms. The van der Waals surface area contributed by atoms with Crippen LogP contribution in [0.1, 0.15) is 21.6 Å². The highest BCUT2D eigenvalue weighted by molar-refractivity contribution is 5.96. The summed E-state index contributed by atoms with van der Waals surface area (Å²) in [6, 6.07) is 16.8. The van der Waals surface area contributed by atoms with Crippen LogP contribution in [0.25, 0.3) is 21.9 Å². The Morgan fingerprint density at radius 3 is 2.68 bits per heavy atom. The Hall–Kier alpha value is -3.60. The summed E-state index contributed by atoms with van der Waals surface area (Å²) in [4.78, 5) is 22.4. The maximum Gasteiger partial charge on any atom is 0.273 e. The summed E-state index contributed by atoms with van der Waals surface area (Å²) in [5.74, 6) is -0.471. The van der Waals surface area contributed by atoms with E-state index in [-0.39, 0.29) is 18.3 Å². The minimum Gasteiger partial charge on any atom is -0.328 e. The number of fused-ring (bicyclic) bond motifs is 2. The van der Waals surface area contributed by atoms with Crippen LogP contribution in [0, 0.1) is 5.82 Å². The van der Waals surface area contributed by atoms with E-state index in [0.29, 0.717) is 17.8 Å². The predicted octanol–water partition coefficient (Wildman–Crippen LogP) is 4.59. The predicted molar refractivity (Wildman–Crippen MR) is 105 cm³/mol. The van der Waals surface area contributed by atoms with Gasteiger partial charge in [-0.3, -0.25) is 14.8 Å². The number of rotatable bonds is 3. The number of nitrogens with zero attached hydrogens (tertiary/aromatic N) is 3. The normalized spacial score (nSPS) is 13.2. The lowest BCUT2D eigenvalue weighted by Crippen LogP contribution is -2.24. The van der Waals surface area contributed by atoms with Crippen LogP contribution in [-0.4, -0.2) is 20.8 Å². The molecule has 0 unspecified atom stereocenters. The lowest BCUT2D eigenvalue weighted by molar-refractivity contribution is 0.0761. The Balaban J connectivity index is 1.41. The van der Waals surface area contributed by atoms with Crippen molar-refractivity contribution in [2.45, 2.75) is 13.1 Å². The Morgan fingerprint density at radius 2 is 1.82 bits per heavy atom. The van der Waals surface area contributed by atoms with Gasteiger partial charge in [-0.05, 0) is 40.8 Å². The molecule has 136 valence electrons. The van der Waals surface area contributed by atoms with E-state index in [2.05, 4.69) is 9.97 Å². The fraction of sp³-hybridized carbons (Fsp3) is 0.0870. The van der Waals surface area contributed by atoms with Crippen LogP contribution in [-0.2, 0) is 13.1 Å². The van der Waals surface area contributed by atoms with Gasteiger partial charge in [0.25, 0.3) is 5.91 Å². The molecule has 0 saturated carbocycles. The minimum atomic E-state index is -0.319. The second kappa shape index (κ2) is 6.53. The maximum absolute atomic E-state index is 14.8. The molecule has 0 aliphatic carbocycles. The van der Waals surface area contributed by atoms with E-state index in [1.165, 1.54) is 6.07 Å². The molecule has 0 saturated heterocycles. The molecule has 5 rings (SSSR count). The quantitative estimate of drug-likeness (QED) is 0.531. The van der Waals surface area contributed by atoms with Gasteiger partial charge in [-0.2, -0.15) is 0 Å². The molecular weight excluding hydrogens is 353 g/mol. The van der Waals surface area contributed by atoms with Gasteiger partial charge in [-0.25, -0.2) is 4.39 Å². The van der Waals surface area contributed by atoms with E-state index < -0.39 is 0 Å². The van der Waals surface area contributed by atoms with Crippen LogP contribution in [0.4, 0.5) is 4.39 Å². The SMILES string of the molecule is O=C1c2ncccc2CN1Cc1ccc(-c2ccc3ccncc3c2)cc1F. The first-order chi connectivity index (χ1) is 13.7. The molecule has 1 amide bonds. The van der Waals surface area contributed by atoms with Gasteiger partial charge in [0.1, 0.15) is 11.5 Å². The Morgan fingerprint density at radius 1 is 0.964 bits per heavy atom. The first-order valence-electron chi connectivity index (χ1n) is 9.05. The van der Waals surface area contributed by atoms with Crippen LogP contribution >= 0.6 is 0 Å². The van der Waals surface area contributed by atoms with E-state index in [0.717, 1.165) is 27.5 Å². The van der Waals surface area contributed by atoms with Gasteiger partial charge in [-0.1, -0.05) is 30.3 Å². The van der Waals surface area contributed by atoms with E-state index in [1.807, 2.05) is 42.5 Å². The minimum absolute atomic E-state index is 0.152. The summed E-state index contributed by atoms with van der Waals surface area (Å²) in [5.41, 5.74) is 3.57. The molecule has 1 aliphatic heterocycles. The molecule has 2 aromatic heterocycles. The number of hydrogen-bond donors (Lipinski definition) is 0. The molecule has 0 N–H and O–H groups in total. The zero-order valence-corrected chi connectivity index (χ0v) is 15.0. The van der Waals surface area contributed by atoms with Gasteiger partial charge < -0.3 is 4.90 Å². The van der Waals surface area contributed by atoms with Gasteiger partial charge in [0.15, 0.2) is 0 Å². The average molecular weight is 369 g/mol. The van der Waals surface area contributed by atoms with Crippen molar-refractivity contribution in [2.75, 3.05) is 0 Å². The molecule has 4 aromatic rings. The first kappa shape index (κ1) is 16.6. The Kier molecular flexibility index (Phi) is 3.86. The third-order valence-electron chi connectivity index (χ3n) is 5.13. The molecule has 1 aliphatic rings. The van der Waals surface area contributed by atoms with E-state index in [4.69, 9.17) is 0 Å². The van der Waals surface area contributed by atoms with Gasteiger partial charge >= 0.3 is 0 Å². The fourth-order valence-corrected chi connectivity index (χ4v) is 3.64. The van der Waals surface area contributed by atoms with Crippen LogP contribution in [0.15, 0.2) is 73.2 Å². The topological polar surface area (TPSA) is 46.1 Å². The number of halogens is 1. The fourth-order valence-electron chi connectivity index (χ4n) is 3.64. The maximum atomic E-state index is 14.8. The molecule has 0 spiro atoms. The van der Waals surface area contributed by atoms with Crippen molar-refractivity contribution in [2.24, 2.45) is 0 Å². The summed E-state index contributed by atoms with van der Waals surface area (Å²) in [7, 11) is 0. The van der Waals surface area contributed by atoms with Crippen LogP contribution < -0.4 is 0 Å². The first-order valence-corrected chi connectivity index (χ1v) is 9.05. The number of carbonyl (C=O) groups excluding carboxylic acids is 1. The van der Waals surface area contributed by atoms with Crippen molar-refractivity contribution >= 4 is 16.7 Å². The van der Waals surface area contributed by atoms with Gasteiger partial charge in [0, 0.05) is 48.2 Å². The van der Waals surface area contributed by atoms with E-state index >= 15 is 0 Å². The monoisotopic (exact) mass is 369 g/mol. The second-order valence-electron chi connectivity index (χ2n) is 6.92. The second-order valence-corrected chi connectivity index (χ2v) is 6.92. The number of benzene rings is 2. The molecule has 28 heavy (non-hydrogen) atoms. The third-order valence-corrected chi connectivity index (χ3v) is 5.13. The van der Waals surface area contributed by atoms with Crippen molar-refractivity contribution in [3.05, 3.63) is 95.8 Å². The number of aromatic nitrogens is 2. The molecule has 2 aromatic carbocycles. The average Bonchev–Trinajstić information content (AvgIpc) is 3.05. The summed E-state index contributed by atoms with van der Waals surface area (Å²) in [6.07, 6.45) is 5.16. The van der Waals surface area contributed by atoms with Crippen molar-refractivity contribution < 1.29 is 9.18 Å². The zero-order chi connectivity index (χ0) is 19.1. The largest absolute Gasteiger partial charge is 0.328 e. The van der Waals surface area contributed by atoms with Crippen LogP contribution in [0.5, 0.6) is 0 Å². The van der Waals surface area contributed by atoms with Crippen molar-refractivity contribution in [1.82, 2.24) is 14.9 Å². The molecular formula is C23H16FN3O. The summed E-state index contributed by atoms with van der Waals surface area (Å²) >= 11 is 0. The van der Waals surface area contributed by atoms with Crippen molar-refractivity contribution in [1.29, 1.82) is 0 Å². The smallest absolute Gasteiger partial charge is 0.273 e. The third kappa shape index (κ3) is 2.81. The lowest BCUT2D eigenvalue weighted by Gasteiger charge is -2.16. The summed E-state index contributed by atoms with van der Waals surface area (Å²) in [6.45, 7) is 0.684. The number of carbonyl (C=O) groups is 1. The molecule has 0 bridgehead atoms. The summed E-state index contributed by atoms with van der Waals surface area (Å²) in [5, 5.41) is 2.11. The van der Waals surface area contributed by atoms with Crippen molar-refractivity contribution in [3.63, 3.8) is 0 Å². The highest BCUT2D eigenvalue weighted by Gasteiger charge is 2.28. The Bertz CT molecular complexity index is 1220. The Labute approximate surface area is 161 Å². The molecule has 4 nitrogen and oxygen atoms in total. The van der Waals surface area contributed by atoms with E-state index in [1.54, 1.807) is 29.6 Å². The number of amides is 1. The zero-order valence-electron chi connectivity index (χ0n) is 15.0.